The molecule has 0 aliphatic heterocycles. The lowest BCUT2D eigenvalue weighted by Crippen LogP contribution is -2.34. The summed E-state index contributed by atoms with van der Waals surface area (Å²) < 4.78 is 1.77. The molecule has 0 aliphatic carbocycles. The molecule has 0 aliphatic rings. The number of tetrazole rings is 1. The zero-order valence-corrected chi connectivity index (χ0v) is 13.8. The van der Waals surface area contributed by atoms with Gasteiger partial charge in [-0.15, -0.1) is 5.10 Å². The Labute approximate surface area is 140 Å². The first-order chi connectivity index (χ1) is 11.1. The number of halogens is 1. The van der Waals surface area contributed by atoms with Gasteiger partial charge < -0.3 is 5.32 Å². The molecular weight excluding hydrogens is 310 g/mol. The van der Waals surface area contributed by atoms with Crippen molar-refractivity contribution < 1.29 is 0 Å². The maximum atomic E-state index is 5.96. The van der Waals surface area contributed by atoms with Crippen LogP contribution in [0.4, 0.5) is 5.69 Å². The van der Waals surface area contributed by atoms with E-state index in [2.05, 4.69) is 34.7 Å². The van der Waals surface area contributed by atoms with Crippen LogP contribution < -0.4 is 5.32 Å². The van der Waals surface area contributed by atoms with Gasteiger partial charge in [0.05, 0.1) is 11.2 Å². The summed E-state index contributed by atoms with van der Waals surface area (Å²) in [5.74, 6) is 0.765. The van der Waals surface area contributed by atoms with Crippen molar-refractivity contribution in [2.75, 3.05) is 5.32 Å². The predicted molar refractivity (Wildman–Crippen MR) is 91.9 cm³/mol. The molecule has 1 N–H and O–H groups in total. The van der Waals surface area contributed by atoms with E-state index in [1.165, 1.54) is 0 Å². The first kappa shape index (κ1) is 15.5. The van der Waals surface area contributed by atoms with Gasteiger partial charge in [0.2, 0.25) is 0 Å². The minimum Gasteiger partial charge on any atom is -0.373 e. The van der Waals surface area contributed by atoms with E-state index in [1.807, 2.05) is 54.6 Å². The van der Waals surface area contributed by atoms with Crippen LogP contribution in [0.2, 0.25) is 5.02 Å². The van der Waals surface area contributed by atoms with Crippen LogP contribution in [-0.2, 0) is 5.54 Å². The van der Waals surface area contributed by atoms with Crippen molar-refractivity contribution in [1.29, 1.82) is 0 Å². The Hall–Kier alpha value is -2.40. The van der Waals surface area contributed by atoms with Crippen LogP contribution in [0.25, 0.3) is 5.69 Å². The maximum absolute atomic E-state index is 5.96. The summed E-state index contributed by atoms with van der Waals surface area (Å²) in [7, 11) is 0. The quantitative estimate of drug-likeness (QED) is 0.768. The van der Waals surface area contributed by atoms with Gasteiger partial charge in [-0.1, -0.05) is 36.7 Å². The Kier molecular flexibility index (Phi) is 4.30. The normalized spacial score (nSPS) is 13.5. The van der Waals surface area contributed by atoms with Gasteiger partial charge in [0.15, 0.2) is 5.82 Å². The van der Waals surface area contributed by atoms with Gasteiger partial charge in [-0.05, 0) is 60.2 Å². The third-order valence-corrected chi connectivity index (χ3v) is 4.19. The molecule has 3 aromatic rings. The first-order valence-corrected chi connectivity index (χ1v) is 7.88. The van der Waals surface area contributed by atoms with Gasteiger partial charge in [-0.3, -0.25) is 0 Å². The second kappa shape index (κ2) is 6.38. The van der Waals surface area contributed by atoms with Gasteiger partial charge in [0, 0.05) is 10.7 Å². The average molecular weight is 328 g/mol. The molecule has 1 aromatic heterocycles. The maximum Gasteiger partial charge on any atom is 0.181 e. The third kappa shape index (κ3) is 3.19. The summed E-state index contributed by atoms with van der Waals surface area (Å²) in [6, 6.07) is 17.5. The van der Waals surface area contributed by atoms with E-state index in [-0.39, 0.29) is 0 Å². The van der Waals surface area contributed by atoms with Gasteiger partial charge in [0.25, 0.3) is 0 Å². The monoisotopic (exact) mass is 327 g/mol. The zero-order valence-electron chi connectivity index (χ0n) is 13.1. The van der Waals surface area contributed by atoms with Gasteiger partial charge in [-0.25, -0.2) is 0 Å². The van der Waals surface area contributed by atoms with Crippen LogP contribution in [0.1, 0.15) is 26.1 Å². The summed E-state index contributed by atoms with van der Waals surface area (Å²) in [4.78, 5) is 0. The predicted octanol–water partition coefficient (Wildman–Crippen LogP) is 4.05. The number of nitrogens with zero attached hydrogens (tertiary/aromatic N) is 4. The molecule has 1 atom stereocenters. The number of hydrogen-bond donors (Lipinski definition) is 1. The molecule has 0 spiro atoms. The Bertz CT molecular complexity index is 769. The highest BCUT2D eigenvalue weighted by atomic mass is 35.5. The molecule has 0 saturated heterocycles. The summed E-state index contributed by atoms with van der Waals surface area (Å²) in [6.07, 6.45) is 0.822. The molecule has 0 amide bonds. The SMILES string of the molecule is CC[C@@](C)(Nc1ccc(Cl)cc1)c1nnnn1-c1ccccc1. The van der Waals surface area contributed by atoms with E-state index in [0.717, 1.165) is 23.6 Å². The summed E-state index contributed by atoms with van der Waals surface area (Å²) >= 11 is 5.96. The molecule has 3 rings (SSSR count). The molecule has 1 heterocycles. The number of para-hydroxylation sites is 1. The Balaban J connectivity index is 1.97. The van der Waals surface area contributed by atoms with E-state index < -0.39 is 5.54 Å². The molecule has 0 saturated carbocycles. The molecule has 2 aromatic carbocycles. The second-order valence-electron chi connectivity index (χ2n) is 5.57. The fraction of sp³-hybridized carbons (Fsp3) is 0.235. The van der Waals surface area contributed by atoms with E-state index in [9.17, 15) is 0 Å². The van der Waals surface area contributed by atoms with Gasteiger partial charge in [-0.2, -0.15) is 4.68 Å². The molecular formula is C17H18ClN5. The van der Waals surface area contributed by atoms with Crippen LogP contribution >= 0.6 is 11.6 Å². The smallest absolute Gasteiger partial charge is 0.181 e. The van der Waals surface area contributed by atoms with Crippen molar-refractivity contribution in [1.82, 2.24) is 20.2 Å². The van der Waals surface area contributed by atoms with Crippen LogP contribution in [0.15, 0.2) is 54.6 Å². The number of aromatic nitrogens is 4. The van der Waals surface area contributed by atoms with E-state index in [0.29, 0.717) is 5.02 Å². The summed E-state index contributed by atoms with van der Waals surface area (Å²) in [5.41, 5.74) is 1.50. The molecule has 118 valence electrons. The zero-order chi connectivity index (χ0) is 16.3. The molecule has 0 bridgehead atoms. The second-order valence-corrected chi connectivity index (χ2v) is 6.00. The van der Waals surface area contributed by atoms with Crippen molar-refractivity contribution in [2.24, 2.45) is 0 Å². The third-order valence-electron chi connectivity index (χ3n) is 3.94. The molecule has 0 unspecified atom stereocenters. The Morgan fingerprint density at radius 1 is 1.09 bits per heavy atom. The van der Waals surface area contributed by atoms with Gasteiger partial charge in [0.1, 0.15) is 0 Å². The highest BCUT2D eigenvalue weighted by Gasteiger charge is 2.31. The molecule has 0 fully saturated rings. The minimum absolute atomic E-state index is 0.410. The summed E-state index contributed by atoms with van der Waals surface area (Å²) in [6.45, 7) is 4.19. The van der Waals surface area contributed by atoms with Crippen LogP contribution in [-0.4, -0.2) is 20.2 Å². The lowest BCUT2D eigenvalue weighted by molar-refractivity contribution is 0.474. The first-order valence-electron chi connectivity index (χ1n) is 7.50. The van der Waals surface area contributed by atoms with Gasteiger partial charge >= 0.3 is 0 Å². The molecule has 5 nitrogen and oxygen atoms in total. The minimum atomic E-state index is -0.410. The van der Waals surface area contributed by atoms with E-state index in [1.54, 1.807) is 4.68 Å². The Morgan fingerprint density at radius 2 is 1.78 bits per heavy atom. The van der Waals surface area contributed by atoms with Crippen LogP contribution in [0.5, 0.6) is 0 Å². The topological polar surface area (TPSA) is 55.6 Å². The number of nitrogens with one attached hydrogen (secondary N) is 1. The standard InChI is InChI=1S/C17H18ClN5/c1-3-17(2,19-14-11-9-13(18)10-12-14)16-20-21-22-23(16)15-7-5-4-6-8-15/h4-12,19H,3H2,1-2H3/t17-/m1/s1. The van der Waals surface area contributed by atoms with Crippen molar-refractivity contribution in [3.63, 3.8) is 0 Å². The van der Waals surface area contributed by atoms with Crippen LogP contribution in [0, 0.1) is 0 Å². The number of hydrogen-bond acceptors (Lipinski definition) is 4. The lowest BCUT2D eigenvalue weighted by atomic mass is 9.97. The highest BCUT2D eigenvalue weighted by Crippen LogP contribution is 2.29. The number of benzene rings is 2. The average Bonchev–Trinajstić information content (AvgIpc) is 3.08. The van der Waals surface area contributed by atoms with E-state index in [4.69, 9.17) is 11.6 Å². The largest absolute Gasteiger partial charge is 0.373 e. The van der Waals surface area contributed by atoms with Crippen LogP contribution in [0.3, 0.4) is 0 Å². The molecule has 23 heavy (non-hydrogen) atoms. The van der Waals surface area contributed by atoms with Crippen molar-refractivity contribution in [2.45, 2.75) is 25.8 Å². The Morgan fingerprint density at radius 3 is 2.43 bits per heavy atom. The lowest BCUT2D eigenvalue weighted by Gasteiger charge is -2.29. The fourth-order valence-corrected chi connectivity index (χ4v) is 2.55. The highest BCUT2D eigenvalue weighted by molar-refractivity contribution is 6.30. The number of rotatable bonds is 5. The molecule has 6 heteroatoms. The van der Waals surface area contributed by atoms with Crippen molar-refractivity contribution in [3.8, 4) is 5.69 Å². The summed E-state index contributed by atoms with van der Waals surface area (Å²) in [5, 5.41) is 16.5. The van der Waals surface area contributed by atoms with Crippen molar-refractivity contribution in [3.05, 3.63) is 65.4 Å². The molecule has 0 radical (unpaired) electrons. The number of anilines is 1. The van der Waals surface area contributed by atoms with Crippen molar-refractivity contribution >= 4 is 17.3 Å². The fourth-order valence-electron chi connectivity index (χ4n) is 2.43. The van der Waals surface area contributed by atoms with E-state index >= 15 is 0 Å².